The van der Waals surface area contributed by atoms with E-state index < -0.39 is 36.7 Å². The van der Waals surface area contributed by atoms with Crippen molar-refractivity contribution in [3.63, 3.8) is 0 Å². The largest absolute Gasteiger partial charge is 0.480 e. The van der Waals surface area contributed by atoms with Gasteiger partial charge in [0.2, 0.25) is 5.91 Å². The highest BCUT2D eigenvalue weighted by Gasteiger charge is 2.32. The number of aliphatic hydroxyl groups excluding tert-OH is 1. The summed E-state index contributed by atoms with van der Waals surface area (Å²) < 4.78 is 5.50. The molecule has 8 nitrogen and oxygen atoms in total. The van der Waals surface area contributed by atoms with Crippen LogP contribution in [0.3, 0.4) is 0 Å². The Morgan fingerprint density at radius 3 is 2.06 bits per heavy atom. The third kappa shape index (κ3) is 4.91. The molecule has 2 aromatic carbocycles. The molecule has 2 aromatic rings. The number of fused-ring (bicyclic) bond motifs is 3. The summed E-state index contributed by atoms with van der Waals surface area (Å²) in [6.45, 7) is 2.97. The van der Waals surface area contributed by atoms with Crippen molar-refractivity contribution in [2.75, 3.05) is 13.2 Å². The van der Waals surface area contributed by atoms with E-state index >= 15 is 0 Å². The number of hydrogen-bond donors (Lipinski definition) is 4. The average Bonchev–Trinajstić information content (AvgIpc) is 3.12. The molecule has 0 aliphatic heterocycles. The quantitative estimate of drug-likeness (QED) is 0.475. The van der Waals surface area contributed by atoms with E-state index in [0.717, 1.165) is 22.3 Å². The Hall–Kier alpha value is -3.39. The van der Waals surface area contributed by atoms with E-state index in [0.29, 0.717) is 6.42 Å². The number of carboxylic acids is 1. The number of carbonyl (C=O) groups excluding carboxylic acids is 2. The predicted molar refractivity (Wildman–Crippen MR) is 118 cm³/mol. The van der Waals surface area contributed by atoms with Crippen LogP contribution >= 0.6 is 0 Å². The van der Waals surface area contributed by atoms with Gasteiger partial charge in [-0.05, 0) is 28.2 Å². The molecule has 0 bridgehead atoms. The smallest absolute Gasteiger partial charge is 0.407 e. The fourth-order valence-electron chi connectivity index (χ4n) is 3.92. The van der Waals surface area contributed by atoms with E-state index in [-0.39, 0.29) is 18.4 Å². The Bertz CT molecular complexity index is 946. The Kier molecular flexibility index (Phi) is 7.48. The van der Waals surface area contributed by atoms with Crippen LogP contribution in [0.15, 0.2) is 48.5 Å². The topological polar surface area (TPSA) is 125 Å². The van der Waals surface area contributed by atoms with Gasteiger partial charge in [0.1, 0.15) is 18.7 Å². The molecule has 32 heavy (non-hydrogen) atoms. The van der Waals surface area contributed by atoms with E-state index in [1.165, 1.54) is 0 Å². The molecule has 1 aliphatic carbocycles. The molecule has 0 saturated heterocycles. The molecule has 0 heterocycles. The van der Waals surface area contributed by atoms with Gasteiger partial charge in [0.15, 0.2) is 0 Å². The molecule has 1 unspecified atom stereocenters. The number of aliphatic hydroxyl groups is 1. The molecule has 8 heteroatoms. The standard InChI is InChI=1S/C24H28N2O6/c1-3-14(2)21(22(28)25-20(12-27)23(29)30)26-24(31)32-13-19-17-10-6-4-8-15(17)16-9-5-7-11-18(16)19/h4-11,14,19-21,27H,3,12-13H2,1-2H3,(H,25,28)(H,26,31)(H,29,30)/t14?,20-,21-/m0/s1. The second-order valence-electron chi connectivity index (χ2n) is 7.92. The maximum Gasteiger partial charge on any atom is 0.407 e. The lowest BCUT2D eigenvalue weighted by Crippen LogP contribution is -2.55. The number of hydrogen-bond acceptors (Lipinski definition) is 5. The molecule has 0 spiro atoms. The first-order valence-electron chi connectivity index (χ1n) is 10.6. The predicted octanol–water partition coefficient (Wildman–Crippen LogP) is 2.50. The van der Waals surface area contributed by atoms with Crippen molar-refractivity contribution in [1.82, 2.24) is 10.6 Å². The number of aliphatic carboxylic acids is 1. The molecule has 2 amide bonds. The number of ether oxygens (including phenoxy) is 1. The lowest BCUT2D eigenvalue weighted by atomic mass is 9.98. The Morgan fingerprint density at radius 1 is 1.00 bits per heavy atom. The molecule has 0 fully saturated rings. The van der Waals surface area contributed by atoms with Crippen LogP contribution in [0.25, 0.3) is 11.1 Å². The third-order valence-electron chi connectivity index (χ3n) is 5.91. The fourth-order valence-corrected chi connectivity index (χ4v) is 3.92. The van der Waals surface area contributed by atoms with Gasteiger partial charge in [-0.25, -0.2) is 9.59 Å². The summed E-state index contributed by atoms with van der Waals surface area (Å²) in [5.41, 5.74) is 4.37. The zero-order valence-corrected chi connectivity index (χ0v) is 18.1. The van der Waals surface area contributed by atoms with Crippen molar-refractivity contribution in [2.24, 2.45) is 5.92 Å². The molecule has 0 radical (unpaired) electrons. The van der Waals surface area contributed by atoms with Gasteiger partial charge in [-0.3, -0.25) is 4.79 Å². The minimum atomic E-state index is -1.45. The maximum atomic E-state index is 12.6. The van der Waals surface area contributed by atoms with Gasteiger partial charge >= 0.3 is 12.1 Å². The van der Waals surface area contributed by atoms with E-state index in [1.54, 1.807) is 6.92 Å². The van der Waals surface area contributed by atoms with Crippen LogP contribution in [0.4, 0.5) is 4.79 Å². The second kappa shape index (κ2) is 10.3. The number of nitrogens with one attached hydrogen (secondary N) is 2. The summed E-state index contributed by atoms with van der Waals surface area (Å²) in [7, 11) is 0. The minimum absolute atomic E-state index is 0.100. The zero-order chi connectivity index (χ0) is 23.3. The Balaban J connectivity index is 1.68. The summed E-state index contributed by atoms with van der Waals surface area (Å²) in [5, 5.41) is 23.0. The fraction of sp³-hybridized carbons (Fsp3) is 0.375. The molecule has 3 atom stereocenters. The molecule has 0 aromatic heterocycles. The van der Waals surface area contributed by atoms with Crippen LogP contribution in [0.5, 0.6) is 0 Å². The van der Waals surface area contributed by atoms with Crippen LogP contribution in [0, 0.1) is 5.92 Å². The van der Waals surface area contributed by atoms with Crippen LogP contribution in [0.2, 0.25) is 0 Å². The summed E-state index contributed by atoms with van der Waals surface area (Å²) >= 11 is 0. The summed E-state index contributed by atoms with van der Waals surface area (Å²) in [5.74, 6) is -2.43. The van der Waals surface area contributed by atoms with Crippen molar-refractivity contribution < 1.29 is 29.3 Å². The van der Waals surface area contributed by atoms with Crippen molar-refractivity contribution in [1.29, 1.82) is 0 Å². The zero-order valence-electron chi connectivity index (χ0n) is 18.1. The highest BCUT2D eigenvalue weighted by Crippen LogP contribution is 2.44. The van der Waals surface area contributed by atoms with Crippen LogP contribution < -0.4 is 10.6 Å². The Morgan fingerprint density at radius 2 is 1.56 bits per heavy atom. The van der Waals surface area contributed by atoms with Crippen molar-refractivity contribution in [3.8, 4) is 11.1 Å². The first-order valence-corrected chi connectivity index (χ1v) is 10.6. The molecule has 3 rings (SSSR count). The number of carboxylic acid groups (broad SMARTS) is 1. The number of benzene rings is 2. The average molecular weight is 440 g/mol. The first kappa shape index (κ1) is 23.3. The van der Waals surface area contributed by atoms with Gasteiger partial charge in [0, 0.05) is 5.92 Å². The lowest BCUT2D eigenvalue weighted by Gasteiger charge is -2.25. The number of rotatable bonds is 9. The van der Waals surface area contributed by atoms with Gasteiger partial charge in [-0.2, -0.15) is 0 Å². The monoisotopic (exact) mass is 440 g/mol. The normalized spacial score (nSPS) is 15.1. The Labute approximate surface area is 186 Å². The second-order valence-corrected chi connectivity index (χ2v) is 7.92. The van der Waals surface area contributed by atoms with E-state index in [9.17, 15) is 14.4 Å². The summed E-state index contributed by atoms with van der Waals surface area (Å²) in [4.78, 5) is 36.3. The van der Waals surface area contributed by atoms with Crippen molar-refractivity contribution in [2.45, 2.75) is 38.3 Å². The van der Waals surface area contributed by atoms with Gasteiger partial charge < -0.3 is 25.6 Å². The van der Waals surface area contributed by atoms with Gasteiger partial charge in [0.25, 0.3) is 0 Å². The minimum Gasteiger partial charge on any atom is -0.480 e. The van der Waals surface area contributed by atoms with Gasteiger partial charge in [-0.15, -0.1) is 0 Å². The van der Waals surface area contributed by atoms with Crippen LogP contribution in [0.1, 0.15) is 37.3 Å². The van der Waals surface area contributed by atoms with Crippen LogP contribution in [-0.4, -0.2) is 53.5 Å². The van der Waals surface area contributed by atoms with E-state index in [1.807, 2.05) is 55.5 Å². The SMILES string of the molecule is CCC(C)[C@H](NC(=O)OCC1c2ccccc2-c2ccccc21)C(=O)N[C@@H](CO)C(=O)O. The summed E-state index contributed by atoms with van der Waals surface area (Å²) in [6.07, 6.45) is -0.193. The van der Waals surface area contributed by atoms with Gasteiger partial charge in [-0.1, -0.05) is 68.8 Å². The molecule has 4 N–H and O–H groups in total. The highest BCUT2D eigenvalue weighted by atomic mass is 16.5. The van der Waals surface area contributed by atoms with E-state index in [4.69, 9.17) is 14.9 Å². The molecule has 1 aliphatic rings. The molecule has 170 valence electrons. The van der Waals surface area contributed by atoms with Gasteiger partial charge in [0.05, 0.1) is 6.61 Å². The maximum absolute atomic E-state index is 12.6. The first-order chi connectivity index (χ1) is 15.4. The van der Waals surface area contributed by atoms with Crippen LogP contribution in [-0.2, 0) is 14.3 Å². The third-order valence-corrected chi connectivity index (χ3v) is 5.91. The summed E-state index contributed by atoms with van der Waals surface area (Å²) in [6, 6.07) is 13.5. The number of carbonyl (C=O) groups is 3. The van der Waals surface area contributed by atoms with Crippen molar-refractivity contribution in [3.05, 3.63) is 59.7 Å². The molecular formula is C24H28N2O6. The number of alkyl carbamates (subject to hydrolysis) is 1. The number of amides is 2. The lowest BCUT2D eigenvalue weighted by molar-refractivity contribution is -0.143. The highest BCUT2D eigenvalue weighted by molar-refractivity contribution is 5.89. The molecule has 0 saturated carbocycles. The van der Waals surface area contributed by atoms with E-state index in [2.05, 4.69) is 10.6 Å². The molecular weight excluding hydrogens is 412 g/mol. The van der Waals surface area contributed by atoms with Crippen molar-refractivity contribution >= 4 is 18.0 Å².